The van der Waals surface area contributed by atoms with Gasteiger partial charge in [-0.3, -0.25) is 4.79 Å². The molecule has 1 saturated heterocycles. The number of rotatable bonds is 5. The number of hydrogen-bond acceptors (Lipinski definition) is 4. The van der Waals surface area contributed by atoms with Crippen LogP contribution in [0.3, 0.4) is 0 Å². The summed E-state index contributed by atoms with van der Waals surface area (Å²) >= 11 is 0. The highest BCUT2D eigenvalue weighted by Crippen LogP contribution is 2.28. The molecule has 0 saturated carbocycles. The van der Waals surface area contributed by atoms with Gasteiger partial charge in [-0.25, -0.2) is 0 Å². The van der Waals surface area contributed by atoms with Crippen LogP contribution in [0.15, 0.2) is 24.3 Å². The van der Waals surface area contributed by atoms with Crippen LogP contribution in [0.5, 0.6) is 5.75 Å². The quantitative estimate of drug-likeness (QED) is 0.859. The monoisotopic (exact) mass is 345 g/mol. The first kappa shape index (κ1) is 18.4. The number of anilines is 1. The molecule has 1 fully saturated rings. The number of benzene rings is 1. The molecule has 24 heavy (non-hydrogen) atoms. The second kappa shape index (κ2) is 7.29. The Balaban J connectivity index is 1.96. The number of nitrogens with two attached hydrogens (primary N) is 1. The number of alkyl halides is 3. The molecule has 0 bridgehead atoms. The molecule has 0 aliphatic carbocycles. The minimum absolute atomic E-state index is 0.0501. The van der Waals surface area contributed by atoms with E-state index in [0.717, 1.165) is 6.42 Å². The zero-order chi connectivity index (χ0) is 17.9. The van der Waals surface area contributed by atoms with Gasteiger partial charge in [0.05, 0.1) is 0 Å². The van der Waals surface area contributed by atoms with Gasteiger partial charge in [-0.05, 0) is 25.5 Å². The first-order valence-electron chi connectivity index (χ1n) is 7.82. The Kier molecular flexibility index (Phi) is 5.58. The Morgan fingerprint density at radius 1 is 1.42 bits per heavy atom. The van der Waals surface area contributed by atoms with Crippen LogP contribution in [0.1, 0.15) is 20.3 Å². The van der Waals surface area contributed by atoms with Gasteiger partial charge >= 0.3 is 6.36 Å². The minimum Gasteiger partial charge on any atom is -0.406 e. The van der Waals surface area contributed by atoms with Crippen molar-refractivity contribution in [3.8, 4) is 5.75 Å². The SMILES string of the molecule is CC(N)C(C)C(=O)NC1CCN(c2cccc(OC(F)(F)F)c2)C1. The first-order chi connectivity index (χ1) is 11.2. The molecular formula is C16H22F3N3O2. The number of carbonyl (C=O) groups is 1. The first-order valence-corrected chi connectivity index (χ1v) is 7.82. The molecule has 0 aromatic heterocycles. The Morgan fingerprint density at radius 3 is 2.75 bits per heavy atom. The third kappa shape index (κ3) is 5.02. The standard InChI is InChI=1S/C16H22F3N3O2/c1-10(11(2)20)15(23)21-12-6-7-22(9-12)13-4-3-5-14(8-13)24-16(17,18)19/h3-5,8,10-12H,6-7,9,20H2,1-2H3,(H,21,23). The van der Waals surface area contributed by atoms with Gasteiger partial charge < -0.3 is 20.7 Å². The van der Waals surface area contributed by atoms with Crippen molar-refractivity contribution in [1.82, 2.24) is 5.32 Å². The molecule has 1 heterocycles. The summed E-state index contributed by atoms with van der Waals surface area (Å²) in [5.74, 6) is -0.647. The number of nitrogens with one attached hydrogen (secondary N) is 1. The smallest absolute Gasteiger partial charge is 0.406 e. The topological polar surface area (TPSA) is 67.6 Å². The van der Waals surface area contributed by atoms with Gasteiger partial charge in [0.2, 0.25) is 5.91 Å². The minimum atomic E-state index is -4.71. The van der Waals surface area contributed by atoms with Gasteiger partial charge in [0.25, 0.3) is 0 Å². The number of nitrogens with zero attached hydrogens (tertiary/aromatic N) is 1. The van der Waals surface area contributed by atoms with Gasteiger partial charge in [-0.2, -0.15) is 0 Å². The molecule has 1 aliphatic rings. The van der Waals surface area contributed by atoms with Crippen molar-refractivity contribution in [2.24, 2.45) is 11.7 Å². The Labute approximate surface area is 138 Å². The van der Waals surface area contributed by atoms with E-state index in [9.17, 15) is 18.0 Å². The van der Waals surface area contributed by atoms with Crippen LogP contribution < -0.4 is 20.7 Å². The fraction of sp³-hybridized carbons (Fsp3) is 0.562. The summed E-state index contributed by atoms with van der Waals surface area (Å²) in [7, 11) is 0. The predicted molar refractivity (Wildman–Crippen MR) is 84.7 cm³/mol. The van der Waals surface area contributed by atoms with E-state index in [4.69, 9.17) is 5.73 Å². The molecule has 1 amide bonds. The van der Waals surface area contributed by atoms with Crippen LogP contribution in [0, 0.1) is 5.92 Å². The van der Waals surface area contributed by atoms with Gasteiger partial charge in [0.1, 0.15) is 5.75 Å². The molecule has 1 aliphatic heterocycles. The lowest BCUT2D eigenvalue weighted by atomic mass is 10.0. The van der Waals surface area contributed by atoms with Crippen molar-refractivity contribution in [1.29, 1.82) is 0 Å². The lowest BCUT2D eigenvalue weighted by Gasteiger charge is -2.21. The van der Waals surface area contributed by atoms with E-state index in [1.54, 1.807) is 19.9 Å². The summed E-state index contributed by atoms with van der Waals surface area (Å²) in [5.41, 5.74) is 6.35. The molecular weight excluding hydrogens is 323 g/mol. The number of halogens is 3. The Morgan fingerprint density at radius 2 is 2.12 bits per heavy atom. The number of carbonyl (C=O) groups excluding carboxylic acids is 1. The van der Waals surface area contributed by atoms with Gasteiger partial charge in [-0.15, -0.1) is 13.2 Å². The highest BCUT2D eigenvalue weighted by molar-refractivity contribution is 5.79. The average molecular weight is 345 g/mol. The van der Waals surface area contributed by atoms with E-state index in [1.165, 1.54) is 18.2 Å². The third-order valence-corrected chi connectivity index (χ3v) is 4.15. The van der Waals surface area contributed by atoms with Gasteiger partial charge in [0, 0.05) is 42.8 Å². The molecule has 1 aromatic carbocycles. The maximum Gasteiger partial charge on any atom is 0.573 e. The fourth-order valence-electron chi connectivity index (χ4n) is 2.56. The molecule has 3 N–H and O–H groups in total. The van der Waals surface area contributed by atoms with E-state index >= 15 is 0 Å². The largest absolute Gasteiger partial charge is 0.573 e. The fourth-order valence-corrected chi connectivity index (χ4v) is 2.56. The molecule has 134 valence electrons. The van der Waals surface area contributed by atoms with Crippen molar-refractivity contribution >= 4 is 11.6 Å². The van der Waals surface area contributed by atoms with E-state index in [2.05, 4.69) is 10.1 Å². The Hall–Kier alpha value is -1.96. The second-order valence-corrected chi connectivity index (χ2v) is 6.13. The van der Waals surface area contributed by atoms with Crippen LogP contribution in [-0.2, 0) is 4.79 Å². The van der Waals surface area contributed by atoms with Crippen LogP contribution in [0.4, 0.5) is 18.9 Å². The lowest BCUT2D eigenvalue weighted by Crippen LogP contribution is -2.44. The Bertz CT molecular complexity index is 578. The van der Waals surface area contributed by atoms with Gasteiger partial charge in [0.15, 0.2) is 0 Å². The molecule has 1 aromatic rings. The number of hydrogen-bond donors (Lipinski definition) is 2. The molecule has 3 atom stereocenters. The maximum absolute atomic E-state index is 12.3. The summed E-state index contributed by atoms with van der Waals surface area (Å²) in [6.45, 7) is 4.72. The van der Waals surface area contributed by atoms with Crippen molar-refractivity contribution in [2.45, 2.75) is 38.7 Å². The van der Waals surface area contributed by atoms with Crippen LogP contribution in [0.2, 0.25) is 0 Å². The number of amides is 1. The van der Waals surface area contributed by atoms with Crippen LogP contribution in [-0.4, -0.2) is 37.4 Å². The summed E-state index contributed by atoms with van der Waals surface area (Å²) in [6, 6.07) is 5.56. The zero-order valence-corrected chi connectivity index (χ0v) is 13.6. The van der Waals surface area contributed by atoms with Crippen LogP contribution >= 0.6 is 0 Å². The summed E-state index contributed by atoms with van der Waals surface area (Å²) in [5, 5.41) is 2.94. The maximum atomic E-state index is 12.3. The molecule has 3 unspecified atom stereocenters. The van der Waals surface area contributed by atoms with Gasteiger partial charge in [-0.1, -0.05) is 13.0 Å². The molecule has 0 spiro atoms. The highest BCUT2D eigenvalue weighted by Gasteiger charge is 2.32. The van der Waals surface area contributed by atoms with E-state index in [0.29, 0.717) is 18.8 Å². The highest BCUT2D eigenvalue weighted by atomic mass is 19.4. The van der Waals surface area contributed by atoms with Crippen LogP contribution in [0.25, 0.3) is 0 Å². The normalized spacial score (nSPS) is 20.6. The predicted octanol–water partition coefficient (Wildman–Crippen LogP) is 2.26. The lowest BCUT2D eigenvalue weighted by molar-refractivity contribution is -0.274. The summed E-state index contributed by atoms with van der Waals surface area (Å²) in [4.78, 5) is 14.0. The molecule has 8 heteroatoms. The zero-order valence-electron chi connectivity index (χ0n) is 13.6. The summed E-state index contributed by atoms with van der Waals surface area (Å²) < 4.78 is 40.8. The van der Waals surface area contributed by atoms with Crippen molar-refractivity contribution in [3.05, 3.63) is 24.3 Å². The van der Waals surface area contributed by atoms with E-state index in [-0.39, 0.29) is 29.7 Å². The van der Waals surface area contributed by atoms with E-state index < -0.39 is 6.36 Å². The molecule has 5 nitrogen and oxygen atoms in total. The summed E-state index contributed by atoms with van der Waals surface area (Å²) in [6.07, 6.45) is -3.99. The van der Waals surface area contributed by atoms with Crippen molar-refractivity contribution in [3.63, 3.8) is 0 Å². The average Bonchev–Trinajstić information content (AvgIpc) is 2.93. The third-order valence-electron chi connectivity index (χ3n) is 4.15. The van der Waals surface area contributed by atoms with E-state index in [1.807, 2.05) is 4.90 Å². The number of ether oxygens (including phenoxy) is 1. The van der Waals surface area contributed by atoms with Crippen molar-refractivity contribution < 1.29 is 22.7 Å². The molecule has 0 radical (unpaired) electrons. The molecule has 2 rings (SSSR count). The van der Waals surface area contributed by atoms with Crippen molar-refractivity contribution in [2.75, 3.05) is 18.0 Å². The second-order valence-electron chi connectivity index (χ2n) is 6.13.